The van der Waals surface area contributed by atoms with Gasteiger partial charge in [-0.25, -0.2) is 5.84 Å². The summed E-state index contributed by atoms with van der Waals surface area (Å²) >= 11 is 0. The maximum absolute atomic E-state index is 5.11. The summed E-state index contributed by atoms with van der Waals surface area (Å²) in [7, 11) is 1.56. The van der Waals surface area contributed by atoms with Crippen molar-refractivity contribution in [2.45, 2.75) is 0 Å². The average Bonchev–Trinajstić information content (AvgIpc) is 2.05. The number of nitrogen functional groups attached to an aromatic ring is 1. The molecule has 54 valence electrons. The lowest BCUT2D eigenvalue weighted by Gasteiger charge is -2.00. The highest BCUT2D eigenvalue weighted by Crippen LogP contribution is 2.08. The number of methoxy groups -OCH3 is 1. The first-order valence-corrected chi connectivity index (χ1v) is 2.84. The van der Waals surface area contributed by atoms with E-state index >= 15 is 0 Å². The van der Waals surface area contributed by atoms with Gasteiger partial charge < -0.3 is 10.2 Å². The van der Waals surface area contributed by atoms with Gasteiger partial charge in [0, 0.05) is 6.07 Å². The molecule has 0 aromatic carbocycles. The van der Waals surface area contributed by atoms with Gasteiger partial charge in [-0.3, -0.25) is 0 Å². The molecule has 1 heterocycles. The van der Waals surface area contributed by atoms with E-state index in [0.717, 1.165) is 0 Å². The molecule has 0 atom stereocenters. The largest absolute Gasteiger partial charge is 0.481 e. The van der Waals surface area contributed by atoms with Crippen molar-refractivity contribution in [1.29, 1.82) is 0 Å². The Kier molecular flexibility index (Phi) is 2.07. The minimum atomic E-state index is 0.551. The van der Waals surface area contributed by atoms with Crippen LogP contribution in [0.4, 0.5) is 5.82 Å². The van der Waals surface area contributed by atoms with Crippen LogP contribution in [0.5, 0.6) is 5.88 Å². The molecule has 4 heteroatoms. The number of nitrogens with one attached hydrogen (secondary N) is 1. The molecule has 0 unspecified atom stereocenters. The molecule has 0 saturated carbocycles. The molecule has 0 aliphatic rings. The number of rotatable bonds is 2. The predicted octanol–water partition coefficient (Wildman–Crippen LogP) is 0.376. The molecule has 4 nitrogen and oxygen atoms in total. The van der Waals surface area contributed by atoms with Crippen molar-refractivity contribution in [3.8, 4) is 5.88 Å². The lowest BCUT2D eigenvalue weighted by molar-refractivity contribution is 0.398. The molecule has 0 spiro atoms. The van der Waals surface area contributed by atoms with Crippen LogP contribution in [-0.2, 0) is 0 Å². The van der Waals surface area contributed by atoms with Crippen molar-refractivity contribution >= 4 is 5.82 Å². The number of aromatic nitrogens is 1. The van der Waals surface area contributed by atoms with Crippen LogP contribution >= 0.6 is 0 Å². The van der Waals surface area contributed by atoms with E-state index in [9.17, 15) is 0 Å². The second-order valence-electron chi connectivity index (χ2n) is 1.71. The second-order valence-corrected chi connectivity index (χ2v) is 1.71. The SMILES string of the molecule is COc1cccc(NN)n1. The Morgan fingerprint density at radius 2 is 2.40 bits per heavy atom. The van der Waals surface area contributed by atoms with Crippen LogP contribution in [0.15, 0.2) is 18.2 Å². The zero-order valence-electron chi connectivity index (χ0n) is 5.66. The van der Waals surface area contributed by atoms with Crippen LogP contribution in [-0.4, -0.2) is 12.1 Å². The highest BCUT2D eigenvalue weighted by Gasteiger charge is 1.91. The number of nitrogens with zero attached hydrogens (tertiary/aromatic N) is 1. The van der Waals surface area contributed by atoms with Crippen molar-refractivity contribution in [3.05, 3.63) is 18.2 Å². The molecular formula is C6H9N3O. The molecule has 0 bridgehead atoms. The molecule has 0 amide bonds. The highest BCUT2D eigenvalue weighted by atomic mass is 16.5. The molecule has 1 aromatic heterocycles. The zero-order valence-corrected chi connectivity index (χ0v) is 5.66. The van der Waals surface area contributed by atoms with Crippen molar-refractivity contribution in [3.63, 3.8) is 0 Å². The van der Waals surface area contributed by atoms with Crippen LogP contribution in [0, 0.1) is 0 Å². The quantitative estimate of drug-likeness (QED) is 0.459. The van der Waals surface area contributed by atoms with Crippen molar-refractivity contribution in [2.24, 2.45) is 5.84 Å². The Hall–Kier alpha value is -1.29. The molecule has 10 heavy (non-hydrogen) atoms. The third-order valence-corrected chi connectivity index (χ3v) is 1.08. The van der Waals surface area contributed by atoms with Gasteiger partial charge in [0.05, 0.1) is 7.11 Å². The fourth-order valence-electron chi connectivity index (χ4n) is 0.609. The Labute approximate surface area is 59.0 Å². The molecule has 0 aliphatic carbocycles. The first kappa shape index (κ1) is 6.82. The van der Waals surface area contributed by atoms with E-state index in [0.29, 0.717) is 11.7 Å². The molecule has 3 N–H and O–H groups in total. The minimum absolute atomic E-state index is 0.551. The molecule has 1 aromatic rings. The Morgan fingerprint density at radius 3 is 3.00 bits per heavy atom. The number of nitrogens with two attached hydrogens (primary N) is 1. The van der Waals surface area contributed by atoms with E-state index in [-0.39, 0.29) is 0 Å². The molecule has 0 aliphatic heterocycles. The number of ether oxygens (including phenoxy) is 1. The van der Waals surface area contributed by atoms with Crippen LogP contribution in [0.2, 0.25) is 0 Å². The standard InChI is InChI=1S/C6H9N3O/c1-10-6-4-2-3-5(8-6)9-7/h2-4H,7H2,1H3,(H,8,9). The molecule has 0 saturated heterocycles. The van der Waals surface area contributed by atoms with Crippen molar-refractivity contribution in [1.82, 2.24) is 4.98 Å². The average molecular weight is 139 g/mol. The van der Waals surface area contributed by atoms with E-state index in [1.165, 1.54) is 0 Å². The smallest absolute Gasteiger partial charge is 0.214 e. The first-order valence-electron chi connectivity index (χ1n) is 2.84. The third-order valence-electron chi connectivity index (χ3n) is 1.08. The van der Waals surface area contributed by atoms with Gasteiger partial charge in [-0.2, -0.15) is 4.98 Å². The van der Waals surface area contributed by atoms with Gasteiger partial charge in [0.1, 0.15) is 5.82 Å². The number of hydrogen-bond acceptors (Lipinski definition) is 4. The Bertz CT molecular complexity index is 195. The summed E-state index contributed by atoms with van der Waals surface area (Å²) in [6, 6.07) is 5.31. The van der Waals surface area contributed by atoms with E-state index in [1.54, 1.807) is 25.3 Å². The van der Waals surface area contributed by atoms with Crippen molar-refractivity contribution < 1.29 is 4.74 Å². The predicted molar refractivity (Wildman–Crippen MR) is 38.6 cm³/mol. The Balaban J connectivity index is 2.87. The van der Waals surface area contributed by atoms with Gasteiger partial charge >= 0.3 is 0 Å². The van der Waals surface area contributed by atoms with Gasteiger partial charge in [0.15, 0.2) is 0 Å². The monoisotopic (exact) mass is 139 g/mol. The van der Waals surface area contributed by atoms with Crippen LogP contribution < -0.4 is 16.0 Å². The topological polar surface area (TPSA) is 60.2 Å². The minimum Gasteiger partial charge on any atom is -0.481 e. The second kappa shape index (κ2) is 3.03. The summed E-state index contributed by atoms with van der Waals surface area (Å²) in [4.78, 5) is 3.95. The number of hydrogen-bond donors (Lipinski definition) is 2. The molecular weight excluding hydrogens is 130 g/mol. The summed E-state index contributed by atoms with van der Waals surface area (Å²) in [5.41, 5.74) is 2.41. The van der Waals surface area contributed by atoms with Gasteiger partial charge in [-0.1, -0.05) is 6.07 Å². The maximum atomic E-state index is 5.11. The number of anilines is 1. The highest BCUT2D eigenvalue weighted by molar-refractivity contribution is 5.35. The third kappa shape index (κ3) is 1.35. The maximum Gasteiger partial charge on any atom is 0.214 e. The van der Waals surface area contributed by atoms with Crippen molar-refractivity contribution in [2.75, 3.05) is 12.5 Å². The molecule has 0 fully saturated rings. The van der Waals surface area contributed by atoms with Gasteiger partial charge in [0.25, 0.3) is 0 Å². The first-order chi connectivity index (χ1) is 4.86. The van der Waals surface area contributed by atoms with Crippen LogP contribution in [0.3, 0.4) is 0 Å². The van der Waals surface area contributed by atoms with Gasteiger partial charge in [0.2, 0.25) is 5.88 Å². The number of hydrazine groups is 1. The van der Waals surface area contributed by atoms with Gasteiger partial charge in [-0.05, 0) is 6.07 Å². The summed E-state index contributed by atoms with van der Waals surface area (Å²) in [5.74, 6) is 6.25. The molecule has 1 rings (SSSR count). The van der Waals surface area contributed by atoms with Gasteiger partial charge in [-0.15, -0.1) is 0 Å². The fraction of sp³-hybridized carbons (Fsp3) is 0.167. The van der Waals surface area contributed by atoms with E-state index < -0.39 is 0 Å². The lowest BCUT2D eigenvalue weighted by Crippen LogP contribution is -2.08. The molecule has 0 radical (unpaired) electrons. The van der Waals surface area contributed by atoms with E-state index in [2.05, 4.69) is 10.4 Å². The summed E-state index contributed by atoms with van der Waals surface area (Å²) < 4.78 is 4.85. The summed E-state index contributed by atoms with van der Waals surface area (Å²) in [6.45, 7) is 0. The lowest BCUT2D eigenvalue weighted by atomic mass is 10.4. The zero-order chi connectivity index (χ0) is 7.40. The summed E-state index contributed by atoms with van der Waals surface area (Å²) in [5, 5.41) is 0. The van der Waals surface area contributed by atoms with E-state index in [1.807, 2.05) is 0 Å². The summed E-state index contributed by atoms with van der Waals surface area (Å²) in [6.07, 6.45) is 0. The van der Waals surface area contributed by atoms with Crippen LogP contribution in [0.25, 0.3) is 0 Å². The normalized spacial score (nSPS) is 9.00. The van der Waals surface area contributed by atoms with E-state index in [4.69, 9.17) is 10.6 Å². The Morgan fingerprint density at radius 1 is 1.60 bits per heavy atom. The number of pyridine rings is 1. The fourth-order valence-corrected chi connectivity index (χ4v) is 0.609. The van der Waals surface area contributed by atoms with Crippen LogP contribution in [0.1, 0.15) is 0 Å².